The van der Waals surface area contributed by atoms with Crippen LogP contribution in [0.3, 0.4) is 0 Å². The highest BCUT2D eigenvalue weighted by atomic mass is 15.2. The summed E-state index contributed by atoms with van der Waals surface area (Å²) in [6.07, 6.45) is 7.44. The van der Waals surface area contributed by atoms with Crippen molar-refractivity contribution in [1.29, 1.82) is 0 Å². The first kappa shape index (κ1) is 12.5. The first-order valence-electron chi connectivity index (χ1n) is 6.81. The molecule has 96 valence electrons. The topological polar surface area (TPSA) is 29.9 Å². The second kappa shape index (κ2) is 4.71. The van der Waals surface area contributed by atoms with Gasteiger partial charge in [0.2, 0.25) is 5.95 Å². The molecular weight excluding hydrogens is 210 g/mol. The van der Waals surface area contributed by atoms with Gasteiger partial charge in [-0.3, -0.25) is 0 Å². The molecule has 1 aromatic heterocycles. The van der Waals surface area contributed by atoms with Crippen LogP contribution in [-0.2, 0) is 0 Å². The molecule has 1 aromatic rings. The van der Waals surface area contributed by atoms with Crippen molar-refractivity contribution < 1.29 is 0 Å². The molecule has 0 bridgehead atoms. The van der Waals surface area contributed by atoms with Crippen LogP contribution in [0.1, 0.15) is 58.2 Å². The van der Waals surface area contributed by atoms with Crippen LogP contribution in [0.25, 0.3) is 0 Å². The minimum absolute atomic E-state index is 0.477. The summed E-state index contributed by atoms with van der Waals surface area (Å²) in [6.45, 7) is 9.91. The third-order valence-corrected chi connectivity index (χ3v) is 3.76. The fourth-order valence-corrected chi connectivity index (χ4v) is 2.98. The first-order chi connectivity index (χ1) is 8.02. The highest BCUT2D eigenvalue weighted by Crippen LogP contribution is 2.41. The minimum Gasteiger partial charge on any atom is -0.356 e. The van der Waals surface area contributed by atoms with E-state index in [1.807, 2.05) is 0 Å². The van der Waals surface area contributed by atoms with Gasteiger partial charge in [0, 0.05) is 18.8 Å². The van der Waals surface area contributed by atoms with Crippen molar-refractivity contribution in [1.82, 2.24) is 9.55 Å². The standard InChI is InChI=1S/C14H25N3/c1-5-15-13-16-11(2)10-17(13)12-7-6-8-14(3,4)9-12/h10,12H,5-9H2,1-4H3,(H,15,16). The smallest absolute Gasteiger partial charge is 0.203 e. The van der Waals surface area contributed by atoms with Gasteiger partial charge >= 0.3 is 0 Å². The average Bonchev–Trinajstić information content (AvgIpc) is 2.59. The Hall–Kier alpha value is -0.990. The van der Waals surface area contributed by atoms with Gasteiger partial charge in [-0.05, 0) is 38.5 Å². The summed E-state index contributed by atoms with van der Waals surface area (Å²) in [5.41, 5.74) is 1.59. The maximum atomic E-state index is 4.58. The van der Waals surface area contributed by atoms with Gasteiger partial charge in [0.25, 0.3) is 0 Å². The molecule has 1 fully saturated rings. The van der Waals surface area contributed by atoms with E-state index in [0.29, 0.717) is 11.5 Å². The first-order valence-corrected chi connectivity index (χ1v) is 6.81. The molecular formula is C14H25N3. The zero-order valence-corrected chi connectivity index (χ0v) is 11.6. The van der Waals surface area contributed by atoms with E-state index in [1.54, 1.807) is 0 Å². The molecule has 1 unspecified atom stereocenters. The predicted octanol–water partition coefficient (Wildman–Crippen LogP) is 3.76. The highest BCUT2D eigenvalue weighted by Gasteiger charge is 2.29. The minimum atomic E-state index is 0.477. The normalized spacial score (nSPS) is 23.6. The number of hydrogen-bond acceptors (Lipinski definition) is 2. The number of aryl methyl sites for hydroxylation is 1. The van der Waals surface area contributed by atoms with Crippen LogP contribution < -0.4 is 5.32 Å². The Morgan fingerprint density at radius 3 is 2.94 bits per heavy atom. The number of imidazole rings is 1. The summed E-state index contributed by atoms with van der Waals surface area (Å²) in [7, 11) is 0. The van der Waals surface area contributed by atoms with Crippen LogP contribution in [0.2, 0.25) is 0 Å². The molecule has 0 aromatic carbocycles. The SMILES string of the molecule is CCNc1nc(C)cn1C1CCCC(C)(C)C1. The molecule has 3 heteroatoms. The third-order valence-electron chi connectivity index (χ3n) is 3.76. The second-order valence-electron chi connectivity index (χ2n) is 6.06. The quantitative estimate of drug-likeness (QED) is 0.864. The van der Waals surface area contributed by atoms with E-state index in [1.165, 1.54) is 25.7 Å². The van der Waals surface area contributed by atoms with Crippen LogP contribution in [-0.4, -0.2) is 16.1 Å². The lowest BCUT2D eigenvalue weighted by Crippen LogP contribution is -2.25. The van der Waals surface area contributed by atoms with Crippen molar-refractivity contribution in [3.05, 3.63) is 11.9 Å². The van der Waals surface area contributed by atoms with Crippen LogP contribution in [0.4, 0.5) is 5.95 Å². The average molecular weight is 235 g/mol. The maximum absolute atomic E-state index is 4.58. The fourth-order valence-electron chi connectivity index (χ4n) is 2.98. The predicted molar refractivity (Wildman–Crippen MR) is 72.4 cm³/mol. The number of aromatic nitrogens is 2. The number of nitrogens with zero attached hydrogens (tertiary/aromatic N) is 2. The molecule has 0 saturated heterocycles. The van der Waals surface area contributed by atoms with Crippen molar-refractivity contribution in [2.45, 2.75) is 59.4 Å². The summed E-state index contributed by atoms with van der Waals surface area (Å²) < 4.78 is 2.36. The highest BCUT2D eigenvalue weighted by molar-refractivity contribution is 5.29. The second-order valence-corrected chi connectivity index (χ2v) is 6.06. The third kappa shape index (κ3) is 2.82. The molecule has 0 amide bonds. The Labute approximate surface area is 105 Å². The molecule has 17 heavy (non-hydrogen) atoms. The van der Waals surface area contributed by atoms with Gasteiger partial charge in [-0.2, -0.15) is 0 Å². The van der Waals surface area contributed by atoms with Gasteiger partial charge in [-0.15, -0.1) is 0 Å². The zero-order chi connectivity index (χ0) is 12.5. The van der Waals surface area contributed by atoms with E-state index in [9.17, 15) is 0 Å². The van der Waals surface area contributed by atoms with E-state index in [-0.39, 0.29) is 0 Å². The summed E-state index contributed by atoms with van der Waals surface area (Å²) in [5, 5.41) is 3.37. The van der Waals surface area contributed by atoms with Crippen molar-refractivity contribution in [2.24, 2.45) is 5.41 Å². The van der Waals surface area contributed by atoms with Gasteiger partial charge in [-0.1, -0.05) is 20.3 Å². The van der Waals surface area contributed by atoms with Gasteiger partial charge in [0.15, 0.2) is 0 Å². The number of rotatable bonds is 3. The number of hydrogen-bond donors (Lipinski definition) is 1. The Balaban J connectivity index is 2.20. The van der Waals surface area contributed by atoms with E-state index in [0.717, 1.165) is 18.2 Å². The molecule has 1 saturated carbocycles. The summed E-state index contributed by atoms with van der Waals surface area (Å²) in [6, 6.07) is 0.619. The van der Waals surface area contributed by atoms with Crippen molar-refractivity contribution in [2.75, 3.05) is 11.9 Å². The van der Waals surface area contributed by atoms with E-state index < -0.39 is 0 Å². The summed E-state index contributed by atoms with van der Waals surface area (Å²) >= 11 is 0. The molecule has 3 nitrogen and oxygen atoms in total. The van der Waals surface area contributed by atoms with Crippen LogP contribution in [0.5, 0.6) is 0 Å². The number of nitrogens with one attached hydrogen (secondary N) is 1. The molecule has 1 aliphatic rings. The van der Waals surface area contributed by atoms with E-state index in [4.69, 9.17) is 0 Å². The lowest BCUT2D eigenvalue weighted by Gasteiger charge is -2.36. The van der Waals surface area contributed by atoms with Crippen LogP contribution in [0.15, 0.2) is 6.20 Å². The van der Waals surface area contributed by atoms with Crippen molar-refractivity contribution >= 4 is 5.95 Å². The monoisotopic (exact) mass is 235 g/mol. The van der Waals surface area contributed by atoms with Crippen LogP contribution >= 0.6 is 0 Å². The fraction of sp³-hybridized carbons (Fsp3) is 0.786. The lowest BCUT2D eigenvalue weighted by molar-refractivity contribution is 0.184. The van der Waals surface area contributed by atoms with Gasteiger partial charge in [-0.25, -0.2) is 4.98 Å². The maximum Gasteiger partial charge on any atom is 0.203 e. The Morgan fingerprint density at radius 1 is 1.53 bits per heavy atom. The zero-order valence-electron chi connectivity index (χ0n) is 11.6. The molecule has 0 radical (unpaired) electrons. The van der Waals surface area contributed by atoms with Gasteiger partial charge in [0.1, 0.15) is 0 Å². The molecule has 1 N–H and O–H groups in total. The largest absolute Gasteiger partial charge is 0.356 e. The molecule has 2 rings (SSSR count). The molecule has 1 aliphatic carbocycles. The van der Waals surface area contributed by atoms with Gasteiger partial charge < -0.3 is 9.88 Å². The Morgan fingerprint density at radius 2 is 2.29 bits per heavy atom. The van der Waals surface area contributed by atoms with Crippen molar-refractivity contribution in [3.8, 4) is 0 Å². The lowest BCUT2D eigenvalue weighted by atomic mass is 9.75. The molecule has 0 spiro atoms. The van der Waals surface area contributed by atoms with Gasteiger partial charge in [0.05, 0.1) is 5.69 Å². The molecule has 1 atom stereocenters. The van der Waals surface area contributed by atoms with E-state index >= 15 is 0 Å². The summed E-state index contributed by atoms with van der Waals surface area (Å²) in [4.78, 5) is 4.58. The van der Waals surface area contributed by atoms with Crippen molar-refractivity contribution in [3.63, 3.8) is 0 Å². The molecule has 0 aliphatic heterocycles. The summed E-state index contributed by atoms with van der Waals surface area (Å²) in [5.74, 6) is 1.05. The number of anilines is 1. The Bertz CT molecular complexity index is 379. The Kier molecular flexibility index (Phi) is 3.45. The van der Waals surface area contributed by atoms with E-state index in [2.05, 4.69) is 48.8 Å². The molecule has 1 heterocycles. The van der Waals surface area contributed by atoms with Crippen LogP contribution in [0, 0.1) is 12.3 Å².